The van der Waals surface area contributed by atoms with Gasteiger partial charge in [0.05, 0.1) is 11.9 Å². The Balaban J connectivity index is 2.98. The number of hydrogen-bond donors (Lipinski definition) is 0. The van der Waals surface area contributed by atoms with Crippen LogP contribution < -0.4 is 4.74 Å². The Kier molecular flexibility index (Phi) is 4.40. The Morgan fingerprint density at radius 2 is 2.06 bits per heavy atom. The van der Waals surface area contributed by atoms with Crippen molar-refractivity contribution in [1.29, 1.82) is 0 Å². The van der Waals surface area contributed by atoms with E-state index in [1.165, 1.54) is 31.5 Å². The second kappa shape index (κ2) is 5.40. The van der Waals surface area contributed by atoms with Crippen LogP contribution in [-0.2, 0) is 11.0 Å². The van der Waals surface area contributed by atoms with E-state index in [0.29, 0.717) is 11.3 Å². The molecule has 0 radical (unpaired) electrons. The van der Waals surface area contributed by atoms with Crippen LogP contribution in [0.1, 0.15) is 26.3 Å². The maximum Gasteiger partial charge on any atom is 0.144 e. The Hall–Kier alpha value is -1.23. The molecule has 3 nitrogen and oxygen atoms in total. The van der Waals surface area contributed by atoms with Gasteiger partial charge in [0.25, 0.3) is 0 Å². The first-order valence-corrected chi connectivity index (χ1v) is 6.25. The van der Waals surface area contributed by atoms with E-state index in [1.807, 2.05) is 20.8 Å². The molecule has 0 aliphatic heterocycles. The third kappa shape index (κ3) is 3.93. The number of benzene rings is 1. The van der Waals surface area contributed by atoms with Crippen LogP contribution in [0.2, 0.25) is 0 Å². The van der Waals surface area contributed by atoms with E-state index in [-0.39, 0.29) is 5.82 Å². The summed E-state index contributed by atoms with van der Waals surface area (Å²) in [5.74, 6) is 0.120. The van der Waals surface area contributed by atoms with Gasteiger partial charge in [0, 0.05) is 11.8 Å². The average molecular weight is 257 g/mol. The van der Waals surface area contributed by atoms with Crippen LogP contribution in [0.3, 0.4) is 0 Å². The Morgan fingerprint density at radius 1 is 1.41 bits per heavy atom. The third-order valence-electron chi connectivity index (χ3n) is 2.00. The van der Waals surface area contributed by atoms with E-state index in [9.17, 15) is 8.60 Å². The first-order valence-electron chi connectivity index (χ1n) is 5.14. The minimum atomic E-state index is -1.36. The lowest BCUT2D eigenvalue weighted by atomic mass is 10.2. The van der Waals surface area contributed by atoms with Gasteiger partial charge in [-0.1, -0.05) is 0 Å². The van der Waals surface area contributed by atoms with Gasteiger partial charge in [-0.3, -0.25) is 0 Å². The summed E-state index contributed by atoms with van der Waals surface area (Å²) >= 11 is 0. The topological polar surface area (TPSA) is 38.7 Å². The van der Waals surface area contributed by atoms with Gasteiger partial charge in [0.2, 0.25) is 0 Å². The van der Waals surface area contributed by atoms with Crippen molar-refractivity contribution in [2.75, 3.05) is 7.11 Å². The Bertz CT molecular complexity index is 452. The maximum absolute atomic E-state index is 13.0. The van der Waals surface area contributed by atoms with Crippen molar-refractivity contribution in [3.05, 3.63) is 29.6 Å². The highest BCUT2D eigenvalue weighted by molar-refractivity contribution is 7.85. The average Bonchev–Trinajstić information content (AvgIpc) is 2.24. The lowest BCUT2D eigenvalue weighted by Crippen LogP contribution is -2.19. The Morgan fingerprint density at radius 3 is 2.59 bits per heavy atom. The molecule has 0 saturated heterocycles. The normalized spacial score (nSPS) is 13.9. The first-order chi connectivity index (χ1) is 7.84. The molecule has 1 aromatic carbocycles. The SMILES string of the molecule is COc1ccc(F)cc1C=NS(=O)C(C)(C)C. The fraction of sp³-hybridized carbons (Fsp3) is 0.417. The second-order valence-corrected chi connectivity index (χ2v) is 6.42. The fourth-order valence-electron chi connectivity index (χ4n) is 1.07. The number of rotatable bonds is 3. The van der Waals surface area contributed by atoms with Crippen LogP contribution in [0, 0.1) is 5.82 Å². The van der Waals surface area contributed by atoms with Crippen LogP contribution in [0.25, 0.3) is 0 Å². The largest absolute Gasteiger partial charge is 0.496 e. The molecule has 0 saturated carbocycles. The smallest absolute Gasteiger partial charge is 0.144 e. The summed E-state index contributed by atoms with van der Waals surface area (Å²) in [5, 5.41) is 0. The van der Waals surface area contributed by atoms with Gasteiger partial charge in [0.15, 0.2) is 0 Å². The molecule has 0 aliphatic rings. The lowest BCUT2D eigenvalue weighted by molar-refractivity contribution is 0.413. The van der Waals surface area contributed by atoms with Crippen molar-refractivity contribution in [2.24, 2.45) is 4.40 Å². The summed E-state index contributed by atoms with van der Waals surface area (Å²) < 4.78 is 33.3. The van der Waals surface area contributed by atoms with Gasteiger partial charge in [0.1, 0.15) is 22.6 Å². The van der Waals surface area contributed by atoms with Crippen LogP contribution in [-0.4, -0.2) is 22.3 Å². The molecule has 0 fully saturated rings. The minimum absolute atomic E-state index is 0.381. The molecule has 5 heteroatoms. The quantitative estimate of drug-likeness (QED) is 0.781. The summed E-state index contributed by atoms with van der Waals surface area (Å²) in [5.41, 5.74) is 0.477. The summed E-state index contributed by atoms with van der Waals surface area (Å²) in [6.07, 6.45) is 1.38. The van der Waals surface area contributed by atoms with Crippen molar-refractivity contribution in [1.82, 2.24) is 0 Å². The van der Waals surface area contributed by atoms with E-state index >= 15 is 0 Å². The summed E-state index contributed by atoms with van der Waals surface area (Å²) in [6.45, 7) is 5.47. The molecule has 0 heterocycles. The predicted octanol–water partition coefficient (Wildman–Crippen LogP) is 2.72. The highest BCUT2D eigenvalue weighted by atomic mass is 32.2. The standard InChI is InChI=1S/C12H16FNO2S/c1-12(2,3)17(15)14-8-9-7-10(13)5-6-11(9)16-4/h5-8H,1-4H3. The third-order valence-corrected chi connectivity index (χ3v) is 3.35. The molecule has 94 valence electrons. The van der Waals surface area contributed by atoms with Gasteiger partial charge in [-0.2, -0.15) is 4.40 Å². The number of nitrogens with zero attached hydrogens (tertiary/aromatic N) is 1. The van der Waals surface area contributed by atoms with Gasteiger partial charge in [-0.05, 0) is 39.0 Å². The van der Waals surface area contributed by atoms with Crippen LogP contribution in [0.5, 0.6) is 5.75 Å². The fourth-order valence-corrected chi connectivity index (χ4v) is 1.59. The van der Waals surface area contributed by atoms with Crippen LogP contribution in [0.15, 0.2) is 22.6 Å². The number of halogens is 1. The summed E-state index contributed by atoms with van der Waals surface area (Å²) in [4.78, 5) is 0. The van der Waals surface area contributed by atoms with Gasteiger partial charge in [-0.25, -0.2) is 8.60 Å². The van der Waals surface area contributed by atoms with Gasteiger partial charge >= 0.3 is 0 Å². The molecule has 0 aromatic heterocycles. The first kappa shape index (κ1) is 13.8. The lowest BCUT2D eigenvalue weighted by Gasteiger charge is -2.13. The number of methoxy groups -OCH3 is 1. The molecule has 0 amide bonds. The molecule has 0 spiro atoms. The summed E-state index contributed by atoms with van der Waals surface area (Å²) in [7, 11) is 0.128. The van der Waals surface area contributed by atoms with Crippen molar-refractivity contribution >= 4 is 17.2 Å². The molecule has 17 heavy (non-hydrogen) atoms. The predicted molar refractivity (Wildman–Crippen MR) is 68.4 cm³/mol. The molecule has 1 unspecified atom stereocenters. The van der Waals surface area contributed by atoms with E-state index in [1.54, 1.807) is 0 Å². The highest BCUT2D eigenvalue weighted by Crippen LogP contribution is 2.18. The second-order valence-electron chi connectivity index (χ2n) is 4.48. The highest BCUT2D eigenvalue weighted by Gasteiger charge is 2.18. The van der Waals surface area contributed by atoms with Crippen LogP contribution in [0.4, 0.5) is 4.39 Å². The zero-order chi connectivity index (χ0) is 13.1. The zero-order valence-electron chi connectivity index (χ0n) is 10.4. The zero-order valence-corrected chi connectivity index (χ0v) is 11.2. The van der Waals surface area contributed by atoms with Crippen LogP contribution >= 0.6 is 0 Å². The van der Waals surface area contributed by atoms with Crippen molar-refractivity contribution in [3.8, 4) is 5.75 Å². The Labute approximate surface area is 103 Å². The van der Waals surface area contributed by atoms with E-state index < -0.39 is 15.7 Å². The van der Waals surface area contributed by atoms with Gasteiger partial charge < -0.3 is 4.74 Å². The van der Waals surface area contributed by atoms with Gasteiger partial charge in [-0.15, -0.1) is 0 Å². The maximum atomic E-state index is 13.0. The van der Waals surface area contributed by atoms with Crippen molar-refractivity contribution in [3.63, 3.8) is 0 Å². The molecule has 0 N–H and O–H groups in total. The number of hydrogen-bond acceptors (Lipinski definition) is 2. The van der Waals surface area contributed by atoms with Crippen molar-refractivity contribution < 1.29 is 13.3 Å². The molecular weight excluding hydrogens is 241 g/mol. The number of ether oxygens (including phenoxy) is 1. The monoisotopic (exact) mass is 257 g/mol. The molecular formula is C12H16FNO2S. The van der Waals surface area contributed by atoms with E-state index in [2.05, 4.69) is 4.40 Å². The minimum Gasteiger partial charge on any atom is -0.496 e. The van der Waals surface area contributed by atoms with Crippen molar-refractivity contribution in [2.45, 2.75) is 25.5 Å². The summed E-state index contributed by atoms with van der Waals surface area (Å²) in [6, 6.07) is 4.11. The van der Waals surface area contributed by atoms with E-state index in [4.69, 9.17) is 4.74 Å². The molecule has 0 aliphatic carbocycles. The van der Waals surface area contributed by atoms with E-state index in [0.717, 1.165) is 0 Å². The molecule has 1 rings (SSSR count). The molecule has 1 aromatic rings. The molecule has 0 bridgehead atoms. The molecule has 1 atom stereocenters.